The number of hydrogen-bond acceptors (Lipinski definition) is 4. The predicted molar refractivity (Wildman–Crippen MR) is 69.8 cm³/mol. The first-order valence-electron chi connectivity index (χ1n) is 6.90. The van der Waals surface area contributed by atoms with Crippen molar-refractivity contribution >= 4 is 5.97 Å². The number of alkyl halides is 3. The molecule has 1 aliphatic rings. The molecule has 2 rings (SSSR count). The molecule has 0 spiro atoms. The Balaban J connectivity index is 2.14. The molecule has 116 valence electrons. The standard InChI is InChI=1S/C14H17F3N2O2/c1-2-9-7-11(14(15,16)17)8-19-12(9)21-13(20)10-3-5-18-6-4-10/h7-8,10,18H,2-6H2,1H3. The lowest BCUT2D eigenvalue weighted by Crippen LogP contribution is -2.34. The van der Waals surface area contributed by atoms with Gasteiger partial charge in [-0.25, -0.2) is 4.98 Å². The lowest BCUT2D eigenvalue weighted by atomic mass is 9.98. The molecule has 2 heterocycles. The number of hydrogen-bond donors (Lipinski definition) is 1. The molecule has 7 heteroatoms. The molecular weight excluding hydrogens is 285 g/mol. The molecule has 0 bridgehead atoms. The minimum atomic E-state index is -4.45. The zero-order chi connectivity index (χ0) is 15.5. The Bertz CT molecular complexity index is 511. The average Bonchev–Trinajstić information content (AvgIpc) is 2.47. The summed E-state index contributed by atoms with van der Waals surface area (Å²) >= 11 is 0. The number of aromatic nitrogens is 1. The number of ether oxygens (including phenoxy) is 1. The molecule has 1 aromatic rings. The molecule has 1 saturated heterocycles. The smallest absolute Gasteiger partial charge is 0.407 e. The fourth-order valence-electron chi connectivity index (χ4n) is 2.23. The van der Waals surface area contributed by atoms with Crippen LogP contribution in [-0.2, 0) is 17.4 Å². The summed E-state index contributed by atoms with van der Waals surface area (Å²) in [4.78, 5) is 15.7. The maximum atomic E-state index is 12.6. The summed E-state index contributed by atoms with van der Waals surface area (Å²) in [5.41, 5.74) is -0.548. The van der Waals surface area contributed by atoms with Gasteiger partial charge in [-0.1, -0.05) is 6.92 Å². The van der Waals surface area contributed by atoms with Crippen molar-refractivity contribution in [2.45, 2.75) is 32.4 Å². The Morgan fingerprint density at radius 1 is 1.43 bits per heavy atom. The van der Waals surface area contributed by atoms with Gasteiger partial charge in [0, 0.05) is 11.8 Å². The predicted octanol–water partition coefficient (Wildman–Crippen LogP) is 2.57. The van der Waals surface area contributed by atoms with Crippen molar-refractivity contribution in [3.05, 3.63) is 23.4 Å². The topological polar surface area (TPSA) is 51.2 Å². The van der Waals surface area contributed by atoms with Gasteiger partial charge >= 0.3 is 12.1 Å². The fraction of sp³-hybridized carbons (Fsp3) is 0.571. The summed E-state index contributed by atoms with van der Waals surface area (Å²) in [6.45, 7) is 3.17. The molecule has 0 amide bonds. The molecule has 1 aromatic heterocycles. The van der Waals surface area contributed by atoms with Gasteiger partial charge in [0.15, 0.2) is 0 Å². The van der Waals surface area contributed by atoms with E-state index < -0.39 is 17.7 Å². The van der Waals surface area contributed by atoms with Gasteiger partial charge in [0.2, 0.25) is 5.88 Å². The molecular formula is C14H17F3N2O2. The average molecular weight is 302 g/mol. The molecule has 21 heavy (non-hydrogen) atoms. The molecule has 1 fully saturated rings. The second kappa shape index (κ2) is 6.43. The van der Waals surface area contributed by atoms with Crippen LogP contribution >= 0.6 is 0 Å². The Hall–Kier alpha value is -1.63. The first kappa shape index (κ1) is 15.8. The number of pyridine rings is 1. The molecule has 0 atom stereocenters. The van der Waals surface area contributed by atoms with E-state index in [1.165, 1.54) is 0 Å². The van der Waals surface area contributed by atoms with Crippen LogP contribution in [0.5, 0.6) is 5.88 Å². The Morgan fingerprint density at radius 2 is 2.10 bits per heavy atom. The highest BCUT2D eigenvalue weighted by Gasteiger charge is 2.32. The van der Waals surface area contributed by atoms with Crippen molar-refractivity contribution in [3.63, 3.8) is 0 Å². The van der Waals surface area contributed by atoms with E-state index in [1.807, 2.05) is 0 Å². The Kier molecular flexibility index (Phi) is 4.82. The van der Waals surface area contributed by atoms with Crippen LogP contribution in [0.2, 0.25) is 0 Å². The molecule has 0 unspecified atom stereocenters. The minimum absolute atomic E-state index is 0.0194. The summed E-state index contributed by atoms with van der Waals surface area (Å²) in [6, 6.07) is 0.984. The normalized spacial score (nSPS) is 16.8. The Labute approximate surface area is 120 Å². The number of carbonyl (C=O) groups is 1. The molecule has 0 aliphatic carbocycles. The van der Waals surface area contributed by atoms with E-state index in [2.05, 4.69) is 10.3 Å². The summed E-state index contributed by atoms with van der Waals surface area (Å²) in [5, 5.41) is 3.13. The highest BCUT2D eigenvalue weighted by Crippen LogP contribution is 2.31. The number of aryl methyl sites for hydroxylation is 1. The third-order valence-electron chi connectivity index (χ3n) is 3.50. The third-order valence-corrected chi connectivity index (χ3v) is 3.50. The van der Waals surface area contributed by atoms with E-state index in [1.54, 1.807) is 6.92 Å². The summed E-state index contributed by atoms with van der Waals surface area (Å²) in [7, 11) is 0. The fourth-order valence-corrected chi connectivity index (χ4v) is 2.23. The van der Waals surface area contributed by atoms with Gasteiger partial charge in [-0.2, -0.15) is 13.2 Å². The maximum absolute atomic E-state index is 12.6. The van der Waals surface area contributed by atoms with Crippen molar-refractivity contribution < 1.29 is 22.7 Å². The number of carbonyl (C=O) groups excluding carboxylic acids is 1. The molecule has 1 N–H and O–H groups in total. The van der Waals surface area contributed by atoms with E-state index in [4.69, 9.17) is 4.74 Å². The van der Waals surface area contributed by atoms with Crippen molar-refractivity contribution in [3.8, 4) is 5.88 Å². The van der Waals surface area contributed by atoms with Gasteiger partial charge in [0.1, 0.15) is 0 Å². The van der Waals surface area contributed by atoms with Gasteiger partial charge in [-0.15, -0.1) is 0 Å². The monoisotopic (exact) mass is 302 g/mol. The Morgan fingerprint density at radius 3 is 2.67 bits per heavy atom. The molecule has 0 saturated carbocycles. The van der Waals surface area contributed by atoms with E-state index in [0.717, 1.165) is 19.2 Å². The third kappa shape index (κ3) is 3.93. The number of piperidine rings is 1. The van der Waals surface area contributed by atoms with Crippen LogP contribution in [0.3, 0.4) is 0 Å². The minimum Gasteiger partial charge on any atom is -0.407 e. The first-order valence-corrected chi connectivity index (χ1v) is 6.90. The lowest BCUT2D eigenvalue weighted by Gasteiger charge is -2.21. The van der Waals surface area contributed by atoms with Crippen molar-refractivity contribution in [2.75, 3.05) is 13.1 Å². The second-order valence-electron chi connectivity index (χ2n) is 4.98. The van der Waals surface area contributed by atoms with Crippen LogP contribution < -0.4 is 10.1 Å². The van der Waals surface area contributed by atoms with Crippen LogP contribution in [0.1, 0.15) is 30.9 Å². The summed E-state index contributed by atoms with van der Waals surface area (Å²) < 4.78 is 43.1. The molecule has 4 nitrogen and oxygen atoms in total. The zero-order valence-electron chi connectivity index (χ0n) is 11.7. The van der Waals surface area contributed by atoms with Crippen LogP contribution in [0.15, 0.2) is 12.3 Å². The molecule has 0 radical (unpaired) electrons. The van der Waals surface area contributed by atoms with E-state index in [9.17, 15) is 18.0 Å². The number of nitrogens with one attached hydrogen (secondary N) is 1. The number of rotatable bonds is 3. The highest BCUT2D eigenvalue weighted by molar-refractivity contribution is 5.75. The van der Waals surface area contributed by atoms with Gasteiger partial charge in [0.25, 0.3) is 0 Å². The van der Waals surface area contributed by atoms with Gasteiger partial charge in [-0.3, -0.25) is 4.79 Å². The van der Waals surface area contributed by atoms with Crippen molar-refractivity contribution in [1.82, 2.24) is 10.3 Å². The largest absolute Gasteiger partial charge is 0.417 e. The van der Waals surface area contributed by atoms with Crippen LogP contribution in [-0.4, -0.2) is 24.0 Å². The first-order chi connectivity index (χ1) is 9.91. The molecule has 1 aliphatic heterocycles. The maximum Gasteiger partial charge on any atom is 0.417 e. The number of nitrogens with zero attached hydrogens (tertiary/aromatic N) is 1. The van der Waals surface area contributed by atoms with E-state index in [0.29, 0.717) is 25.5 Å². The van der Waals surface area contributed by atoms with Crippen molar-refractivity contribution in [1.29, 1.82) is 0 Å². The van der Waals surface area contributed by atoms with E-state index >= 15 is 0 Å². The van der Waals surface area contributed by atoms with E-state index in [-0.39, 0.29) is 17.4 Å². The summed E-state index contributed by atoms with van der Waals surface area (Å²) in [6.07, 6.45) is -2.10. The SMILES string of the molecule is CCc1cc(C(F)(F)F)cnc1OC(=O)C1CCNCC1. The summed E-state index contributed by atoms with van der Waals surface area (Å²) in [5.74, 6) is -0.660. The van der Waals surface area contributed by atoms with Gasteiger partial charge in [0.05, 0.1) is 11.5 Å². The van der Waals surface area contributed by atoms with Crippen LogP contribution in [0.25, 0.3) is 0 Å². The molecule has 0 aromatic carbocycles. The highest BCUT2D eigenvalue weighted by atomic mass is 19.4. The quantitative estimate of drug-likeness (QED) is 0.872. The van der Waals surface area contributed by atoms with Crippen molar-refractivity contribution in [2.24, 2.45) is 5.92 Å². The number of esters is 1. The zero-order valence-corrected chi connectivity index (χ0v) is 11.7. The lowest BCUT2D eigenvalue weighted by molar-refractivity contribution is -0.140. The van der Waals surface area contributed by atoms with Crippen LogP contribution in [0, 0.1) is 5.92 Å². The van der Waals surface area contributed by atoms with Gasteiger partial charge in [-0.05, 0) is 38.4 Å². The van der Waals surface area contributed by atoms with Gasteiger partial charge < -0.3 is 10.1 Å². The second-order valence-corrected chi connectivity index (χ2v) is 4.98. The van der Waals surface area contributed by atoms with Crippen LogP contribution in [0.4, 0.5) is 13.2 Å². The number of halogens is 3.